The van der Waals surface area contributed by atoms with Gasteiger partial charge in [0, 0.05) is 55.8 Å². The number of rotatable bonds is 7. The van der Waals surface area contributed by atoms with Crippen LogP contribution in [0.3, 0.4) is 0 Å². The van der Waals surface area contributed by atoms with Gasteiger partial charge in [0.2, 0.25) is 0 Å². The van der Waals surface area contributed by atoms with Crippen molar-refractivity contribution in [1.82, 2.24) is 19.2 Å². The Morgan fingerprint density at radius 1 is 1.21 bits per heavy atom. The van der Waals surface area contributed by atoms with E-state index in [1.165, 1.54) is 10.9 Å². The normalized spacial score (nSPS) is 15.4. The molecular formula is C22H28N4O2. The first-order chi connectivity index (χ1) is 13.7. The van der Waals surface area contributed by atoms with Gasteiger partial charge in [0.05, 0.1) is 18.9 Å². The minimum atomic E-state index is 0.120. The van der Waals surface area contributed by atoms with E-state index in [9.17, 15) is 4.79 Å². The van der Waals surface area contributed by atoms with Crippen LogP contribution < -0.4 is 0 Å². The maximum absolute atomic E-state index is 12.7. The highest BCUT2D eigenvalue weighted by molar-refractivity contribution is 5.98. The van der Waals surface area contributed by atoms with Crippen LogP contribution in [0.25, 0.3) is 22.2 Å². The predicted octanol–water partition coefficient (Wildman–Crippen LogP) is 3.36. The average molecular weight is 380 g/mol. The number of aryl methyl sites for hydroxylation is 2. The maximum Gasteiger partial charge on any atom is 0.183 e. The molecule has 0 aliphatic carbocycles. The molecule has 1 aliphatic heterocycles. The van der Waals surface area contributed by atoms with Gasteiger partial charge < -0.3 is 9.30 Å². The van der Waals surface area contributed by atoms with Gasteiger partial charge in [-0.25, -0.2) is 0 Å². The molecule has 0 saturated carbocycles. The molecule has 0 N–H and O–H groups in total. The van der Waals surface area contributed by atoms with Gasteiger partial charge in [0.1, 0.15) is 5.69 Å². The molecule has 1 saturated heterocycles. The van der Waals surface area contributed by atoms with Gasteiger partial charge in [0.25, 0.3) is 0 Å². The van der Waals surface area contributed by atoms with E-state index >= 15 is 0 Å². The van der Waals surface area contributed by atoms with Crippen molar-refractivity contribution >= 4 is 16.7 Å². The summed E-state index contributed by atoms with van der Waals surface area (Å²) in [5.41, 5.74) is 3.88. The number of ketones is 1. The van der Waals surface area contributed by atoms with Crippen molar-refractivity contribution in [2.45, 2.75) is 26.3 Å². The van der Waals surface area contributed by atoms with E-state index in [0.717, 1.165) is 57.1 Å². The summed E-state index contributed by atoms with van der Waals surface area (Å²) in [5.74, 6) is 0.120. The molecule has 0 atom stereocenters. The molecule has 0 unspecified atom stereocenters. The highest BCUT2D eigenvalue weighted by atomic mass is 16.5. The van der Waals surface area contributed by atoms with E-state index in [-0.39, 0.29) is 5.78 Å². The fourth-order valence-electron chi connectivity index (χ4n) is 3.98. The lowest BCUT2D eigenvalue weighted by Crippen LogP contribution is -2.36. The van der Waals surface area contributed by atoms with E-state index in [0.29, 0.717) is 12.1 Å². The number of para-hydroxylation sites is 1. The van der Waals surface area contributed by atoms with E-state index in [1.807, 2.05) is 17.8 Å². The first kappa shape index (κ1) is 18.9. The molecule has 1 fully saturated rings. The van der Waals surface area contributed by atoms with Crippen molar-refractivity contribution in [3.8, 4) is 11.3 Å². The van der Waals surface area contributed by atoms with Crippen LogP contribution in [0.1, 0.15) is 30.3 Å². The molecule has 0 bridgehead atoms. The lowest BCUT2D eigenvalue weighted by molar-refractivity contribution is 0.0371. The summed E-state index contributed by atoms with van der Waals surface area (Å²) in [6.07, 6.45) is 3.55. The number of carbonyl (C=O) groups excluding carboxylic acids is 1. The Hall–Kier alpha value is -2.44. The second kappa shape index (κ2) is 8.29. The Bertz CT molecular complexity index is 966. The zero-order valence-electron chi connectivity index (χ0n) is 16.7. The largest absolute Gasteiger partial charge is 0.379 e. The van der Waals surface area contributed by atoms with Crippen LogP contribution >= 0.6 is 0 Å². The number of aromatic nitrogens is 3. The zero-order valence-corrected chi connectivity index (χ0v) is 16.7. The van der Waals surface area contributed by atoms with Crippen LogP contribution in [0.4, 0.5) is 0 Å². The molecule has 6 nitrogen and oxygen atoms in total. The SMILES string of the molecule is CCn1cc(-c2cc(C(=O)CCCN3CCOCC3)nn2C)c2ccccc21. The molecule has 1 aromatic carbocycles. The van der Waals surface area contributed by atoms with E-state index in [2.05, 4.69) is 52.0 Å². The molecule has 0 amide bonds. The van der Waals surface area contributed by atoms with Crippen molar-refractivity contribution in [1.29, 1.82) is 0 Å². The number of fused-ring (bicyclic) bond motifs is 1. The Morgan fingerprint density at radius 3 is 2.79 bits per heavy atom. The number of morpholine rings is 1. The van der Waals surface area contributed by atoms with Gasteiger partial charge >= 0.3 is 0 Å². The first-order valence-electron chi connectivity index (χ1n) is 10.1. The van der Waals surface area contributed by atoms with Gasteiger partial charge in [-0.2, -0.15) is 5.10 Å². The molecule has 0 radical (unpaired) electrons. The van der Waals surface area contributed by atoms with Crippen molar-refractivity contribution < 1.29 is 9.53 Å². The van der Waals surface area contributed by atoms with Crippen LogP contribution in [-0.4, -0.2) is 57.9 Å². The number of hydrogen-bond acceptors (Lipinski definition) is 4. The van der Waals surface area contributed by atoms with Crippen LogP contribution in [0.2, 0.25) is 0 Å². The summed E-state index contributed by atoms with van der Waals surface area (Å²) in [5, 5.41) is 5.71. The van der Waals surface area contributed by atoms with E-state index in [4.69, 9.17) is 4.74 Å². The monoisotopic (exact) mass is 380 g/mol. The second-order valence-electron chi connectivity index (χ2n) is 7.37. The zero-order chi connectivity index (χ0) is 19.5. The summed E-state index contributed by atoms with van der Waals surface area (Å²) < 4.78 is 9.44. The van der Waals surface area contributed by atoms with E-state index in [1.54, 1.807) is 0 Å². The second-order valence-corrected chi connectivity index (χ2v) is 7.37. The number of carbonyl (C=O) groups is 1. The van der Waals surface area contributed by atoms with Crippen molar-refractivity contribution in [2.24, 2.45) is 7.05 Å². The number of nitrogens with zero attached hydrogens (tertiary/aromatic N) is 4. The molecule has 3 heterocycles. The summed E-state index contributed by atoms with van der Waals surface area (Å²) in [6, 6.07) is 10.3. The molecule has 2 aromatic heterocycles. The van der Waals surface area contributed by atoms with Crippen LogP contribution in [0.15, 0.2) is 36.5 Å². The standard InChI is InChI=1S/C22H28N4O2/c1-3-26-16-18(17-7-4-5-8-20(17)26)21-15-19(23-24(21)2)22(27)9-6-10-25-11-13-28-14-12-25/h4-5,7-8,15-16H,3,6,9-14H2,1-2H3. The smallest absolute Gasteiger partial charge is 0.183 e. The van der Waals surface area contributed by atoms with Gasteiger partial charge in [-0.1, -0.05) is 18.2 Å². The van der Waals surface area contributed by atoms with Crippen molar-refractivity contribution in [3.05, 3.63) is 42.2 Å². The van der Waals surface area contributed by atoms with Gasteiger partial charge in [-0.05, 0) is 32.0 Å². The molecule has 6 heteroatoms. The van der Waals surface area contributed by atoms with E-state index < -0.39 is 0 Å². The Kier molecular flexibility index (Phi) is 5.59. The third-order valence-electron chi connectivity index (χ3n) is 5.55. The summed E-state index contributed by atoms with van der Waals surface area (Å²) >= 11 is 0. The van der Waals surface area contributed by atoms with Gasteiger partial charge in [-0.15, -0.1) is 0 Å². The quantitative estimate of drug-likeness (QED) is 0.590. The van der Waals surface area contributed by atoms with Crippen molar-refractivity contribution in [3.63, 3.8) is 0 Å². The Balaban J connectivity index is 1.50. The number of ether oxygens (including phenoxy) is 1. The molecule has 0 spiro atoms. The van der Waals surface area contributed by atoms with Crippen LogP contribution in [0.5, 0.6) is 0 Å². The number of benzene rings is 1. The Labute approximate surface area is 165 Å². The summed E-state index contributed by atoms with van der Waals surface area (Å²) in [4.78, 5) is 15.0. The van der Waals surface area contributed by atoms with Gasteiger partial charge in [0.15, 0.2) is 5.78 Å². The minimum absolute atomic E-state index is 0.120. The molecular weight excluding hydrogens is 352 g/mol. The van der Waals surface area contributed by atoms with Crippen LogP contribution in [-0.2, 0) is 18.3 Å². The molecule has 28 heavy (non-hydrogen) atoms. The minimum Gasteiger partial charge on any atom is -0.379 e. The van der Waals surface area contributed by atoms with Crippen molar-refractivity contribution in [2.75, 3.05) is 32.8 Å². The predicted molar refractivity (Wildman–Crippen MR) is 111 cm³/mol. The third-order valence-corrected chi connectivity index (χ3v) is 5.55. The number of Topliss-reactive ketones (excluding diaryl/α,β-unsaturated/α-hetero) is 1. The molecule has 148 valence electrons. The molecule has 1 aliphatic rings. The highest BCUT2D eigenvalue weighted by Crippen LogP contribution is 2.31. The lowest BCUT2D eigenvalue weighted by atomic mass is 10.1. The topological polar surface area (TPSA) is 52.3 Å². The lowest BCUT2D eigenvalue weighted by Gasteiger charge is -2.26. The van der Waals surface area contributed by atoms with Crippen LogP contribution in [0, 0.1) is 0 Å². The molecule has 3 aromatic rings. The number of hydrogen-bond donors (Lipinski definition) is 0. The summed E-state index contributed by atoms with van der Waals surface area (Å²) in [6.45, 7) is 7.51. The average Bonchev–Trinajstić information content (AvgIpc) is 3.29. The highest BCUT2D eigenvalue weighted by Gasteiger charge is 2.18. The summed E-state index contributed by atoms with van der Waals surface area (Å²) in [7, 11) is 1.91. The maximum atomic E-state index is 12.7. The van der Waals surface area contributed by atoms with Gasteiger partial charge in [-0.3, -0.25) is 14.4 Å². The fraction of sp³-hybridized carbons (Fsp3) is 0.455. The first-order valence-corrected chi connectivity index (χ1v) is 10.1. The third kappa shape index (κ3) is 3.75. The fourth-order valence-corrected chi connectivity index (χ4v) is 3.98. The molecule has 4 rings (SSSR count). The Morgan fingerprint density at radius 2 is 2.00 bits per heavy atom.